The molecule has 7 heteroatoms. The van der Waals surface area contributed by atoms with Gasteiger partial charge >= 0.3 is 0 Å². The highest BCUT2D eigenvalue weighted by Crippen LogP contribution is 2.24. The molecule has 2 aromatic carbocycles. The van der Waals surface area contributed by atoms with Crippen molar-refractivity contribution in [2.45, 2.75) is 17.4 Å². The molecule has 6 nitrogen and oxygen atoms in total. The number of sulfonamides is 1. The predicted octanol–water partition coefficient (Wildman–Crippen LogP) is 1.91. The minimum Gasteiger partial charge on any atom is -0.289 e. The van der Waals surface area contributed by atoms with Crippen molar-refractivity contribution in [3.8, 4) is 12.3 Å². The summed E-state index contributed by atoms with van der Waals surface area (Å²) in [5.74, 6) is 1.36. The maximum Gasteiger partial charge on any atom is 0.262 e. The van der Waals surface area contributed by atoms with E-state index < -0.39 is 22.0 Å². The van der Waals surface area contributed by atoms with E-state index in [0.717, 1.165) is 15.1 Å². The van der Waals surface area contributed by atoms with E-state index in [9.17, 15) is 13.2 Å². The third kappa shape index (κ3) is 3.88. The summed E-state index contributed by atoms with van der Waals surface area (Å²) >= 11 is 0. The van der Waals surface area contributed by atoms with Gasteiger partial charge < -0.3 is 0 Å². The zero-order valence-electron chi connectivity index (χ0n) is 13.4. The van der Waals surface area contributed by atoms with E-state index in [0.29, 0.717) is 0 Å². The molecule has 2 rings (SSSR count). The molecule has 0 saturated heterocycles. The van der Waals surface area contributed by atoms with Crippen LogP contribution in [0.5, 0.6) is 0 Å². The van der Waals surface area contributed by atoms with Crippen LogP contribution in [0.4, 0.5) is 0 Å². The molecule has 0 aliphatic heterocycles. The van der Waals surface area contributed by atoms with Gasteiger partial charge in [-0.1, -0.05) is 36.4 Å². The summed E-state index contributed by atoms with van der Waals surface area (Å²) in [5, 5.41) is 10.6. The Morgan fingerprint density at radius 3 is 2.60 bits per heavy atom. The molecule has 0 unspecified atom stereocenters. The largest absolute Gasteiger partial charge is 0.289 e. The van der Waals surface area contributed by atoms with Crippen LogP contribution in [0.3, 0.4) is 0 Å². The van der Waals surface area contributed by atoms with Crippen molar-refractivity contribution in [1.29, 1.82) is 0 Å². The SMILES string of the molecule is C#CC[C@H](C(=O)NO)N(CC=C)S(=O)(=O)c1ccc2ccccc2c1. The van der Waals surface area contributed by atoms with Gasteiger partial charge in [0.05, 0.1) is 4.90 Å². The van der Waals surface area contributed by atoms with Crippen LogP contribution in [0, 0.1) is 12.3 Å². The molecule has 0 aliphatic rings. The Kier molecular flexibility index (Phi) is 5.93. The number of carbonyl (C=O) groups is 1. The molecule has 1 atom stereocenters. The average Bonchev–Trinajstić information content (AvgIpc) is 2.63. The Bertz CT molecular complexity index is 931. The molecule has 0 aromatic heterocycles. The fourth-order valence-corrected chi connectivity index (χ4v) is 4.09. The van der Waals surface area contributed by atoms with Gasteiger partial charge in [-0.15, -0.1) is 18.9 Å². The lowest BCUT2D eigenvalue weighted by Gasteiger charge is -2.27. The predicted molar refractivity (Wildman–Crippen MR) is 95.2 cm³/mol. The number of benzene rings is 2. The van der Waals surface area contributed by atoms with Gasteiger partial charge in [0, 0.05) is 13.0 Å². The van der Waals surface area contributed by atoms with Gasteiger partial charge in [0.2, 0.25) is 10.0 Å². The van der Waals surface area contributed by atoms with Crippen molar-refractivity contribution in [2.24, 2.45) is 0 Å². The van der Waals surface area contributed by atoms with E-state index >= 15 is 0 Å². The first kappa shape index (κ1) is 18.7. The van der Waals surface area contributed by atoms with Crippen molar-refractivity contribution in [2.75, 3.05) is 6.54 Å². The summed E-state index contributed by atoms with van der Waals surface area (Å²) in [4.78, 5) is 11.9. The number of carbonyl (C=O) groups excluding carboxylic acids is 1. The molecule has 0 spiro atoms. The van der Waals surface area contributed by atoms with Crippen LogP contribution < -0.4 is 5.48 Å². The number of nitrogens with zero attached hydrogens (tertiary/aromatic N) is 1. The maximum absolute atomic E-state index is 13.1. The number of rotatable bonds is 7. The lowest BCUT2D eigenvalue weighted by Crippen LogP contribution is -2.48. The highest BCUT2D eigenvalue weighted by Gasteiger charge is 2.34. The standard InChI is InChI=1S/C18H18N2O4S/c1-3-7-17(18(21)19-22)20(12-4-2)25(23,24)16-11-10-14-8-5-6-9-15(14)13-16/h1,4-6,8-11,13,17,22H,2,7,12H2,(H,19,21)/t17-/m1/s1. The molecule has 2 N–H and O–H groups in total. The van der Waals surface area contributed by atoms with E-state index in [1.807, 2.05) is 12.1 Å². The van der Waals surface area contributed by atoms with Crippen molar-refractivity contribution in [3.63, 3.8) is 0 Å². The highest BCUT2D eigenvalue weighted by atomic mass is 32.2. The second-order valence-electron chi connectivity index (χ2n) is 5.27. The molecule has 0 radical (unpaired) electrons. The van der Waals surface area contributed by atoms with Crippen molar-refractivity contribution in [1.82, 2.24) is 9.79 Å². The van der Waals surface area contributed by atoms with Gasteiger partial charge in [-0.3, -0.25) is 10.0 Å². The number of amides is 1. The molecular weight excluding hydrogens is 340 g/mol. The number of fused-ring (bicyclic) bond motifs is 1. The summed E-state index contributed by atoms with van der Waals surface area (Å²) in [7, 11) is -4.04. The minimum absolute atomic E-state index is 0.0285. The number of nitrogens with one attached hydrogen (secondary N) is 1. The van der Waals surface area contributed by atoms with Crippen LogP contribution in [0.2, 0.25) is 0 Å². The average molecular weight is 358 g/mol. The molecule has 2 aromatic rings. The molecule has 25 heavy (non-hydrogen) atoms. The van der Waals surface area contributed by atoms with E-state index in [-0.39, 0.29) is 17.9 Å². The maximum atomic E-state index is 13.1. The zero-order valence-corrected chi connectivity index (χ0v) is 14.2. The van der Waals surface area contributed by atoms with Crippen molar-refractivity contribution < 1.29 is 18.4 Å². The molecule has 0 aliphatic carbocycles. The topological polar surface area (TPSA) is 86.7 Å². The van der Waals surface area contributed by atoms with Gasteiger partial charge in [0.25, 0.3) is 5.91 Å². The molecule has 0 saturated carbocycles. The van der Waals surface area contributed by atoms with Crippen LogP contribution in [0.1, 0.15) is 6.42 Å². The second kappa shape index (κ2) is 7.94. The fraction of sp³-hybridized carbons (Fsp3) is 0.167. The Labute approximate surface area is 146 Å². The van der Waals surface area contributed by atoms with Gasteiger partial charge in [0.15, 0.2) is 0 Å². The number of terminal acetylenes is 1. The second-order valence-corrected chi connectivity index (χ2v) is 7.16. The van der Waals surface area contributed by atoms with Crippen LogP contribution in [-0.2, 0) is 14.8 Å². The summed E-state index contributed by atoms with van der Waals surface area (Å²) in [6, 6.07) is 10.8. The normalized spacial score (nSPS) is 12.5. The smallest absolute Gasteiger partial charge is 0.262 e. The minimum atomic E-state index is -4.04. The lowest BCUT2D eigenvalue weighted by atomic mass is 10.1. The number of hydroxylamine groups is 1. The first-order valence-electron chi connectivity index (χ1n) is 7.44. The third-order valence-corrected chi connectivity index (χ3v) is 5.58. The first-order chi connectivity index (χ1) is 12.0. The third-order valence-electron chi connectivity index (χ3n) is 3.71. The lowest BCUT2D eigenvalue weighted by molar-refractivity contribution is -0.132. The van der Waals surface area contributed by atoms with E-state index in [1.54, 1.807) is 18.2 Å². The Morgan fingerprint density at radius 1 is 1.32 bits per heavy atom. The highest BCUT2D eigenvalue weighted by molar-refractivity contribution is 7.89. The molecule has 1 amide bonds. The van der Waals surface area contributed by atoms with Gasteiger partial charge in [0.1, 0.15) is 6.04 Å². The Morgan fingerprint density at radius 2 is 2.00 bits per heavy atom. The zero-order chi connectivity index (χ0) is 18.4. The number of hydrogen-bond donors (Lipinski definition) is 2. The molecule has 0 heterocycles. The van der Waals surface area contributed by atoms with Crippen LogP contribution in [0.15, 0.2) is 60.0 Å². The monoisotopic (exact) mass is 358 g/mol. The van der Waals surface area contributed by atoms with Crippen LogP contribution >= 0.6 is 0 Å². The summed E-state index contributed by atoms with van der Waals surface area (Å²) in [5.41, 5.74) is 1.47. The quantitative estimate of drug-likeness (QED) is 0.343. The Hall–Kier alpha value is -2.66. The number of hydrogen-bond acceptors (Lipinski definition) is 4. The van der Waals surface area contributed by atoms with Gasteiger partial charge in [-0.25, -0.2) is 13.9 Å². The molecule has 0 bridgehead atoms. The summed E-state index contributed by atoms with van der Waals surface area (Å²) in [6.45, 7) is 3.40. The van der Waals surface area contributed by atoms with E-state index in [4.69, 9.17) is 11.6 Å². The van der Waals surface area contributed by atoms with E-state index in [2.05, 4.69) is 12.5 Å². The van der Waals surface area contributed by atoms with Crippen LogP contribution in [-0.4, -0.2) is 36.4 Å². The van der Waals surface area contributed by atoms with Crippen LogP contribution in [0.25, 0.3) is 10.8 Å². The fourth-order valence-electron chi connectivity index (χ4n) is 2.49. The first-order valence-corrected chi connectivity index (χ1v) is 8.88. The summed E-state index contributed by atoms with van der Waals surface area (Å²) in [6.07, 6.45) is 6.42. The van der Waals surface area contributed by atoms with Gasteiger partial charge in [-0.2, -0.15) is 4.31 Å². The summed E-state index contributed by atoms with van der Waals surface area (Å²) < 4.78 is 27.0. The Balaban J connectivity index is 2.55. The van der Waals surface area contributed by atoms with Crippen molar-refractivity contribution in [3.05, 3.63) is 55.1 Å². The van der Waals surface area contributed by atoms with Crippen molar-refractivity contribution >= 4 is 26.7 Å². The molecular formula is C18H18N2O4S. The molecule has 0 fully saturated rings. The van der Waals surface area contributed by atoms with Gasteiger partial charge in [-0.05, 0) is 22.9 Å². The van der Waals surface area contributed by atoms with E-state index in [1.165, 1.54) is 23.7 Å². The molecule has 130 valence electrons.